The highest BCUT2D eigenvalue weighted by atomic mass is 19.2. The summed E-state index contributed by atoms with van der Waals surface area (Å²) in [6, 6.07) is 0. The van der Waals surface area contributed by atoms with E-state index < -0.39 is 34.6 Å². The van der Waals surface area contributed by atoms with Crippen LogP contribution >= 0.6 is 0 Å². The quantitative estimate of drug-likeness (QED) is 0.0967. The van der Waals surface area contributed by atoms with Gasteiger partial charge in [-0.1, -0.05) is 71.1 Å². The lowest BCUT2D eigenvalue weighted by molar-refractivity contribution is -0.0352. The Morgan fingerprint density at radius 1 is 0.625 bits per heavy atom. The standard InChI is InChI=1S/C26H41F5O/c1-5-6-7-8-10-13-16-19(26(2,3)32-4)17-14-11-9-12-15-18-20-21(27)23(29)25(31)24(30)22(20)28/h19H,5-18H2,1-4H3. The average Bonchev–Trinajstić information content (AvgIpc) is 2.78. The Kier molecular flexibility index (Phi) is 13.4. The highest BCUT2D eigenvalue weighted by molar-refractivity contribution is 5.24. The van der Waals surface area contributed by atoms with Gasteiger partial charge in [-0.3, -0.25) is 0 Å². The molecule has 0 saturated heterocycles. The van der Waals surface area contributed by atoms with Gasteiger partial charge >= 0.3 is 0 Å². The lowest BCUT2D eigenvalue weighted by Crippen LogP contribution is -2.33. The van der Waals surface area contributed by atoms with Crippen LogP contribution in [0.3, 0.4) is 0 Å². The van der Waals surface area contributed by atoms with Crippen LogP contribution in [-0.2, 0) is 11.2 Å². The van der Waals surface area contributed by atoms with Gasteiger partial charge in [0.05, 0.1) is 5.60 Å². The molecule has 186 valence electrons. The third-order valence-corrected chi connectivity index (χ3v) is 6.70. The third kappa shape index (κ3) is 8.99. The molecular weight excluding hydrogens is 423 g/mol. The Balaban J connectivity index is 2.36. The van der Waals surface area contributed by atoms with Gasteiger partial charge in [-0.25, -0.2) is 22.0 Å². The Bertz CT molecular complexity index is 646. The van der Waals surface area contributed by atoms with E-state index in [0.29, 0.717) is 18.8 Å². The van der Waals surface area contributed by atoms with E-state index >= 15 is 0 Å². The van der Waals surface area contributed by atoms with E-state index in [1.807, 2.05) is 0 Å². The summed E-state index contributed by atoms with van der Waals surface area (Å²) in [6.07, 6.45) is 13.6. The van der Waals surface area contributed by atoms with Crippen LogP contribution in [0.15, 0.2) is 0 Å². The molecule has 1 nitrogen and oxygen atoms in total. The summed E-state index contributed by atoms with van der Waals surface area (Å²) in [5.74, 6) is -8.76. The molecule has 1 unspecified atom stereocenters. The van der Waals surface area contributed by atoms with Crippen molar-refractivity contribution in [1.82, 2.24) is 0 Å². The molecule has 0 spiro atoms. The second-order valence-electron chi connectivity index (χ2n) is 9.42. The molecule has 0 aliphatic carbocycles. The maximum absolute atomic E-state index is 13.7. The first kappa shape index (κ1) is 28.9. The number of hydrogen-bond donors (Lipinski definition) is 0. The molecule has 1 rings (SSSR count). The van der Waals surface area contributed by atoms with Crippen molar-refractivity contribution in [2.24, 2.45) is 5.92 Å². The maximum atomic E-state index is 13.7. The number of halogens is 5. The first-order valence-electron chi connectivity index (χ1n) is 12.2. The fourth-order valence-corrected chi connectivity index (χ4v) is 4.27. The summed E-state index contributed by atoms with van der Waals surface area (Å²) in [4.78, 5) is 0. The molecule has 0 bridgehead atoms. The minimum absolute atomic E-state index is 0.150. The van der Waals surface area contributed by atoms with Crippen molar-refractivity contribution >= 4 is 0 Å². The molecule has 32 heavy (non-hydrogen) atoms. The fourth-order valence-electron chi connectivity index (χ4n) is 4.27. The molecule has 1 aromatic carbocycles. The van der Waals surface area contributed by atoms with Crippen LogP contribution in [0.4, 0.5) is 22.0 Å². The van der Waals surface area contributed by atoms with Crippen molar-refractivity contribution in [2.45, 2.75) is 116 Å². The van der Waals surface area contributed by atoms with Crippen molar-refractivity contribution in [2.75, 3.05) is 7.11 Å². The summed E-state index contributed by atoms with van der Waals surface area (Å²) >= 11 is 0. The van der Waals surface area contributed by atoms with Gasteiger partial charge in [0.2, 0.25) is 5.82 Å². The van der Waals surface area contributed by atoms with Crippen LogP contribution in [0.1, 0.15) is 110 Å². The van der Waals surface area contributed by atoms with E-state index in [1.165, 1.54) is 38.5 Å². The summed E-state index contributed by atoms with van der Waals surface area (Å²) in [5.41, 5.74) is -0.878. The summed E-state index contributed by atoms with van der Waals surface area (Å²) in [6.45, 7) is 6.49. The molecule has 0 fully saturated rings. The highest BCUT2D eigenvalue weighted by Gasteiger charge is 2.28. The number of hydrogen-bond acceptors (Lipinski definition) is 1. The lowest BCUT2D eigenvalue weighted by Gasteiger charge is -2.33. The van der Waals surface area contributed by atoms with Gasteiger partial charge in [-0.15, -0.1) is 0 Å². The molecule has 0 aliphatic rings. The molecule has 0 radical (unpaired) electrons. The van der Waals surface area contributed by atoms with E-state index in [9.17, 15) is 22.0 Å². The lowest BCUT2D eigenvalue weighted by atomic mass is 9.82. The van der Waals surface area contributed by atoms with E-state index in [0.717, 1.165) is 32.1 Å². The van der Waals surface area contributed by atoms with Gasteiger partial charge < -0.3 is 4.74 Å². The second kappa shape index (κ2) is 14.9. The minimum Gasteiger partial charge on any atom is -0.379 e. The van der Waals surface area contributed by atoms with Crippen LogP contribution in [0.5, 0.6) is 0 Å². The highest BCUT2D eigenvalue weighted by Crippen LogP contribution is 2.31. The molecule has 0 N–H and O–H groups in total. The van der Waals surface area contributed by atoms with Gasteiger partial charge in [-0.05, 0) is 45.4 Å². The van der Waals surface area contributed by atoms with Crippen molar-refractivity contribution in [3.63, 3.8) is 0 Å². The topological polar surface area (TPSA) is 9.23 Å². The number of rotatable bonds is 17. The van der Waals surface area contributed by atoms with Gasteiger partial charge in [0.15, 0.2) is 23.3 Å². The van der Waals surface area contributed by atoms with Gasteiger partial charge in [0, 0.05) is 12.7 Å². The minimum atomic E-state index is -2.10. The number of methoxy groups -OCH3 is 1. The summed E-state index contributed by atoms with van der Waals surface area (Å²) < 4.78 is 72.8. The van der Waals surface area contributed by atoms with E-state index in [4.69, 9.17) is 4.74 Å². The largest absolute Gasteiger partial charge is 0.379 e. The Morgan fingerprint density at radius 2 is 1.03 bits per heavy atom. The van der Waals surface area contributed by atoms with Crippen molar-refractivity contribution in [1.29, 1.82) is 0 Å². The molecule has 0 amide bonds. The fraction of sp³-hybridized carbons (Fsp3) is 0.769. The molecule has 0 heterocycles. The van der Waals surface area contributed by atoms with E-state index in [-0.39, 0.29) is 12.0 Å². The number of ether oxygens (including phenoxy) is 1. The molecular formula is C26H41F5O. The van der Waals surface area contributed by atoms with Crippen molar-refractivity contribution in [3.05, 3.63) is 34.6 Å². The zero-order valence-electron chi connectivity index (χ0n) is 20.3. The zero-order valence-corrected chi connectivity index (χ0v) is 20.3. The van der Waals surface area contributed by atoms with Crippen molar-refractivity contribution in [3.8, 4) is 0 Å². The Hall–Kier alpha value is -1.17. The first-order valence-corrected chi connectivity index (χ1v) is 12.2. The average molecular weight is 465 g/mol. The Morgan fingerprint density at radius 3 is 1.50 bits per heavy atom. The van der Waals surface area contributed by atoms with E-state index in [2.05, 4.69) is 20.8 Å². The molecule has 6 heteroatoms. The molecule has 0 aromatic heterocycles. The first-order chi connectivity index (χ1) is 15.2. The predicted molar refractivity (Wildman–Crippen MR) is 120 cm³/mol. The molecule has 1 aromatic rings. The van der Waals surface area contributed by atoms with Crippen LogP contribution in [0, 0.1) is 35.0 Å². The van der Waals surface area contributed by atoms with Crippen LogP contribution in [-0.4, -0.2) is 12.7 Å². The summed E-state index contributed by atoms with van der Waals surface area (Å²) in [7, 11) is 1.76. The van der Waals surface area contributed by atoms with Gasteiger partial charge in [0.1, 0.15) is 0 Å². The molecule has 0 saturated carbocycles. The Labute approximate surface area is 191 Å². The second-order valence-corrected chi connectivity index (χ2v) is 9.42. The van der Waals surface area contributed by atoms with Gasteiger partial charge in [-0.2, -0.15) is 0 Å². The third-order valence-electron chi connectivity index (χ3n) is 6.70. The smallest absolute Gasteiger partial charge is 0.200 e. The maximum Gasteiger partial charge on any atom is 0.200 e. The van der Waals surface area contributed by atoms with Crippen LogP contribution in [0.2, 0.25) is 0 Å². The van der Waals surface area contributed by atoms with E-state index in [1.54, 1.807) is 7.11 Å². The van der Waals surface area contributed by atoms with Crippen LogP contribution < -0.4 is 0 Å². The summed E-state index contributed by atoms with van der Waals surface area (Å²) in [5, 5.41) is 0. The van der Waals surface area contributed by atoms with Gasteiger partial charge in [0.25, 0.3) is 0 Å². The normalized spacial score (nSPS) is 13.0. The number of benzene rings is 1. The molecule has 0 aliphatic heterocycles. The zero-order chi connectivity index (χ0) is 24.1. The van der Waals surface area contributed by atoms with Crippen LogP contribution in [0.25, 0.3) is 0 Å². The molecule has 1 atom stereocenters. The predicted octanol–water partition coefficient (Wildman–Crippen LogP) is 9.06. The monoisotopic (exact) mass is 464 g/mol. The number of unbranched alkanes of at least 4 members (excludes halogenated alkanes) is 9. The SMILES string of the molecule is CCCCCCCCC(CCCCCCCc1c(F)c(F)c(F)c(F)c1F)C(C)(C)OC. The van der Waals surface area contributed by atoms with Crippen molar-refractivity contribution < 1.29 is 26.7 Å².